The average Bonchev–Trinajstić information content (AvgIpc) is 2.96. The van der Waals surface area contributed by atoms with E-state index in [4.69, 9.17) is 4.42 Å². The van der Waals surface area contributed by atoms with E-state index in [0.717, 1.165) is 22.9 Å². The van der Waals surface area contributed by atoms with Crippen LogP contribution in [0.25, 0.3) is 11.5 Å². The Balaban J connectivity index is 1.98. The van der Waals surface area contributed by atoms with Gasteiger partial charge in [-0.1, -0.05) is 17.8 Å². The quantitative estimate of drug-likeness (QED) is 0.793. The molecule has 7 nitrogen and oxygen atoms in total. The van der Waals surface area contributed by atoms with Crippen molar-refractivity contribution in [2.75, 3.05) is 0 Å². The molecule has 0 radical (unpaired) electrons. The molecule has 0 spiro atoms. The van der Waals surface area contributed by atoms with Crippen LogP contribution >= 0.6 is 11.8 Å². The van der Waals surface area contributed by atoms with E-state index >= 15 is 0 Å². The standard InChI is InChI=1S/C18H24N4O3S/c1-10-7-8-13(9-11(10)2)15-21-22-17(25-15)26-12(3)14(23)19-16(24)20-18(4,5)6/h7-9,12H,1-6H3,(H2,19,20,23,24)/t12-/m0/s1. The minimum Gasteiger partial charge on any atom is -0.411 e. The fourth-order valence-corrected chi connectivity index (χ4v) is 2.72. The van der Waals surface area contributed by atoms with Gasteiger partial charge in [-0.3, -0.25) is 10.1 Å². The maximum atomic E-state index is 12.1. The summed E-state index contributed by atoms with van der Waals surface area (Å²) in [6.07, 6.45) is 0. The van der Waals surface area contributed by atoms with Crippen molar-refractivity contribution in [1.82, 2.24) is 20.8 Å². The summed E-state index contributed by atoms with van der Waals surface area (Å²) in [5, 5.41) is 12.7. The van der Waals surface area contributed by atoms with E-state index in [2.05, 4.69) is 20.8 Å². The second kappa shape index (κ2) is 7.90. The van der Waals surface area contributed by atoms with Gasteiger partial charge < -0.3 is 9.73 Å². The molecule has 2 N–H and O–H groups in total. The highest BCUT2D eigenvalue weighted by atomic mass is 32.2. The van der Waals surface area contributed by atoms with Crippen molar-refractivity contribution in [3.05, 3.63) is 29.3 Å². The van der Waals surface area contributed by atoms with Crippen molar-refractivity contribution >= 4 is 23.7 Å². The number of urea groups is 1. The Morgan fingerprint density at radius 2 is 1.85 bits per heavy atom. The fraction of sp³-hybridized carbons (Fsp3) is 0.444. The molecular formula is C18H24N4O3S. The first kappa shape index (κ1) is 20.0. The normalized spacial score (nSPS) is 12.5. The van der Waals surface area contributed by atoms with Gasteiger partial charge in [0.25, 0.3) is 5.22 Å². The third-order valence-electron chi connectivity index (χ3n) is 3.53. The highest BCUT2D eigenvalue weighted by Crippen LogP contribution is 2.27. The Morgan fingerprint density at radius 3 is 2.46 bits per heavy atom. The highest BCUT2D eigenvalue weighted by molar-refractivity contribution is 8.00. The number of aromatic nitrogens is 2. The molecule has 1 atom stereocenters. The molecule has 0 bridgehead atoms. The van der Waals surface area contributed by atoms with Gasteiger partial charge in [-0.15, -0.1) is 10.2 Å². The Kier molecular flexibility index (Phi) is 6.07. The molecular weight excluding hydrogens is 352 g/mol. The van der Waals surface area contributed by atoms with Gasteiger partial charge in [0.15, 0.2) is 0 Å². The Morgan fingerprint density at radius 1 is 1.15 bits per heavy atom. The van der Waals surface area contributed by atoms with Gasteiger partial charge in [-0.25, -0.2) is 4.79 Å². The molecule has 0 aliphatic carbocycles. The third-order valence-corrected chi connectivity index (χ3v) is 4.47. The van der Waals surface area contributed by atoms with Crippen LogP contribution in [0.1, 0.15) is 38.8 Å². The summed E-state index contributed by atoms with van der Waals surface area (Å²) >= 11 is 1.10. The van der Waals surface area contributed by atoms with Crippen LogP contribution in [-0.4, -0.2) is 32.9 Å². The Bertz CT molecular complexity index is 811. The fourth-order valence-electron chi connectivity index (χ4n) is 2.04. The van der Waals surface area contributed by atoms with Crippen molar-refractivity contribution in [3.63, 3.8) is 0 Å². The van der Waals surface area contributed by atoms with Crippen LogP contribution in [0.5, 0.6) is 0 Å². The zero-order valence-corrected chi connectivity index (χ0v) is 16.7. The third kappa shape index (κ3) is 5.59. The zero-order valence-electron chi connectivity index (χ0n) is 15.8. The van der Waals surface area contributed by atoms with E-state index in [1.807, 2.05) is 52.8 Å². The van der Waals surface area contributed by atoms with E-state index in [0.29, 0.717) is 5.89 Å². The highest BCUT2D eigenvalue weighted by Gasteiger charge is 2.22. The number of rotatable bonds is 4. The second-order valence-electron chi connectivity index (χ2n) is 7.13. The van der Waals surface area contributed by atoms with Crippen molar-refractivity contribution in [1.29, 1.82) is 0 Å². The summed E-state index contributed by atoms with van der Waals surface area (Å²) in [4.78, 5) is 23.9. The molecule has 1 heterocycles. The number of nitrogens with one attached hydrogen (secondary N) is 2. The second-order valence-corrected chi connectivity index (χ2v) is 8.42. The van der Waals surface area contributed by atoms with Crippen molar-refractivity contribution in [3.8, 4) is 11.5 Å². The molecule has 140 valence electrons. The van der Waals surface area contributed by atoms with E-state index in [-0.39, 0.29) is 5.22 Å². The molecule has 0 saturated heterocycles. The number of hydrogen-bond acceptors (Lipinski definition) is 6. The lowest BCUT2D eigenvalue weighted by molar-refractivity contribution is -0.119. The zero-order chi connectivity index (χ0) is 19.5. The van der Waals surface area contributed by atoms with Crippen LogP contribution in [-0.2, 0) is 4.79 Å². The van der Waals surface area contributed by atoms with Gasteiger partial charge >= 0.3 is 6.03 Å². The molecule has 1 aromatic heterocycles. The average molecular weight is 376 g/mol. The maximum absolute atomic E-state index is 12.1. The number of aryl methyl sites for hydroxylation is 2. The van der Waals surface area contributed by atoms with E-state index in [1.165, 1.54) is 5.56 Å². The molecule has 26 heavy (non-hydrogen) atoms. The minimum atomic E-state index is -0.561. The predicted octanol–water partition coefficient (Wildman–Crippen LogP) is 3.46. The first-order valence-corrected chi connectivity index (χ1v) is 9.14. The predicted molar refractivity (Wildman–Crippen MR) is 101 cm³/mol. The number of carbonyl (C=O) groups excluding carboxylic acids is 2. The van der Waals surface area contributed by atoms with Gasteiger partial charge in [-0.05, 0) is 64.8 Å². The lowest BCUT2D eigenvalue weighted by Crippen LogP contribution is -2.49. The van der Waals surface area contributed by atoms with Crippen LogP contribution in [0, 0.1) is 13.8 Å². The number of nitrogens with zero attached hydrogens (tertiary/aromatic N) is 2. The topological polar surface area (TPSA) is 97.1 Å². The van der Waals surface area contributed by atoms with Crippen LogP contribution in [0.2, 0.25) is 0 Å². The van der Waals surface area contributed by atoms with Gasteiger partial charge in [0.05, 0.1) is 5.25 Å². The van der Waals surface area contributed by atoms with Crippen LogP contribution in [0.4, 0.5) is 4.79 Å². The molecule has 0 fully saturated rings. The Hall–Kier alpha value is -2.35. The number of benzene rings is 1. The van der Waals surface area contributed by atoms with Crippen LogP contribution in [0.3, 0.4) is 0 Å². The van der Waals surface area contributed by atoms with Crippen molar-refractivity contribution < 1.29 is 14.0 Å². The number of imide groups is 1. The largest absolute Gasteiger partial charge is 0.411 e. The van der Waals surface area contributed by atoms with Gasteiger partial charge in [0.2, 0.25) is 11.8 Å². The minimum absolute atomic E-state index is 0.275. The lowest BCUT2D eigenvalue weighted by atomic mass is 10.1. The number of hydrogen-bond donors (Lipinski definition) is 2. The molecule has 3 amide bonds. The molecule has 0 saturated carbocycles. The molecule has 1 aromatic carbocycles. The molecule has 2 aromatic rings. The Labute approximate surface area is 157 Å². The van der Waals surface area contributed by atoms with Gasteiger partial charge in [0.1, 0.15) is 0 Å². The number of thioether (sulfide) groups is 1. The summed E-state index contributed by atoms with van der Waals surface area (Å²) < 4.78 is 5.63. The summed E-state index contributed by atoms with van der Waals surface area (Å²) in [5.74, 6) is -0.0311. The first-order valence-electron chi connectivity index (χ1n) is 8.26. The maximum Gasteiger partial charge on any atom is 0.321 e. The molecule has 2 rings (SSSR count). The molecule has 8 heteroatoms. The SMILES string of the molecule is Cc1ccc(-c2nnc(S[C@@H](C)C(=O)NC(=O)NC(C)(C)C)o2)cc1C. The summed E-state index contributed by atoms with van der Waals surface area (Å²) in [6, 6.07) is 5.35. The lowest BCUT2D eigenvalue weighted by Gasteiger charge is -2.20. The van der Waals surface area contributed by atoms with Crippen molar-refractivity contribution in [2.45, 2.75) is 57.6 Å². The smallest absolute Gasteiger partial charge is 0.321 e. The number of carbonyl (C=O) groups is 2. The van der Waals surface area contributed by atoms with Crippen molar-refractivity contribution in [2.24, 2.45) is 0 Å². The van der Waals surface area contributed by atoms with E-state index in [9.17, 15) is 9.59 Å². The van der Waals surface area contributed by atoms with E-state index < -0.39 is 22.7 Å². The molecule has 0 aliphatic rings. The number of amides is 3. The first-order chi connectivity index (χ1) is 12.0. The summed E-state index contributed by atoms with van der Waals surface area (Å²) in [5.41, 5.74) is 2.72. The van der Waals surface area contributed by atoms with Gasteiger partial charge in [-0.2, -0.15) is 0 Å². The summed E-state index contributed by atoms with van der Waals surface area (Å²) in [6.45, 7) is 11.2. The summed E-state index contributed by atoms with van der Waals surface area (Å²) in [7, 11) is 0. The van der Waals surface area contributed by atoms with E-state index in [1.54, 1.807) is 6.92 Å². The van der Waals surface area contributed by atoms with Gasteiger partial charge in [0, 0.05) is 11.1 Å². The molecule has 0 aliphatic heterocycles. The van der Waals surface area contributed by atoms with Crippen LogP contribution < -0.4 is 10.6 Å². The monoisotopic (exact) mass is 376 g/mol. The van der Waals surface area contributed by atoms with Crippen LogP contribution in [0.15, 0.2) is 27.8 Å². The molecule has 0 unspecified atom stereocenters.